The zero-order valence-electron chi connectivity index (χ0n) is 18.0. The van der Waals surface area contributed by atoms with Crippen LogP contribution in [-0.4, -0.2) is 24.5 Å². The van der Waals surface area contributed by atoms with Crippen molar-refractivity contribution in [3.05, 3.63) is 52.4 Å². The summed E-state index contributed by atoms with van der Waals surface area (Å²) in [5.74, 6) is 0.0799. The number of benzene rings is 1. The average Bonchev–Trinajstić information content (AvgIpc) is 3.24. The molecular formula is C25H31NO4. The first-order valence-electron chi connectivity index (χ1n) is 11.3. The van der Waals surface area contributed by atoms with Gasteiger partial charge in [0.05, 0.1) is 18.1 Å². The van der Waals surface area contributed by atoms with E-state index in [0.717, 1.165) is 67.7 Å². The second kappa shape index (κ2) is 9.07. The number of carbonyl (C=O) groups is 2. The molecule has 1 fully saturated rings. The van der Waals surface area contributed by atoms with E-state index < -0.39 is 5.92 Å². The maximum Gasteiger partial charge on any atom is 0.337 e. The summed E-state index contributed by atoms with van der Waals surface area (Å²) in [6.45, 7) is 4.57. The van der Waals surface area contributed by atoms with Crippen molar-refractivity contribution in [2.75, 3.05) is 6.61 Å². The van der Waals surface area contributed by atoms with E-state index in [1.54, 1.807) is 0 Å². The Balaban J connectivity index is 1.78. The number of rotatable bonds is 6. The lowest BCUT2D eigenvalue weighted by Gasteiger charge is -2.35. The number of dihydropyridines is 1. The number of carbonyl (C=O) groups excluding carboxylic acids is 2. The van der Waals surface area contributed by atoms with Crippen LogP contribution in [0.2, 0.25) is 0 Å². The van der Waals surface area contributed by atoms with E-state index in [-0.39, 0.29) is 17.9 Å². The summed E-state index contributed by atoms with van der Waals surface area (Å²) in [6, 6.07) is 7.78. The summed E-state index contributed by atoms with van der Waals surface area (Å²) in [6.07, 6.45) is 7.05. The maximum absolute atomic E-state index is 13.4. The van der Waals surface area contributed by atoms with Gasteiger partial charge in [-0.3, -0.25) is 4.79 Å². The molecule has 1 saturated carbocycles. The highest BCUT2D eigenvalue weighted by Gasteiger charge is 2.41. The fourth-order valence-corrected chi connectivity index (χ4v) is 4.85. The summed E-state index contributed by atoms with van der Waals surface area (Å²) in [4.78, 5) is 26.4. The van der Waals surface area contributed by atoms with E-state index in [9.17, 15) is 9.59 Å². The molecule has 0 aromatic heterocycles. The Labute approximate surface area is 178 Å². The van der Waals surface area contributed by atoms with E-state index in [1.165, 1.54) is 0 Å². The van der Waals surface area contributed by atoms with E-state index in [4.69, 9.17) is 9.47 Å². The molecule has 0 radical (unpaired) electrons. The number of ketones is 1. The smallest absolute Gasteiger partial charge is 0.337 e. The third-order valence-electron chi connectivity index (χ3n) is 6.26. The van der Waals surface area contributed by atoms with Crippen LogP contribution in [0.25, 0.3) is 0 Å². The van der Waals surface area contributed by atoms with Crippen LogP contribution in [0.1, 0.15) is 76.7 Å². The standard InChI is InChI=1S/C25H31NO4/c1-3-15-29-21-14-7-6-11-18(21)23-22(25(28)30-17-9-4-5-10-17)16(2)26-19-12-8-13-20(27)24(19)23/h6-7,11,14,17,23,26H,3-5,8-10,12-13,15H2,1-2H3/t23-/m0/s1. The highest BCUT2D eigenvalue weighted by Crippen LogP contribution is 2.45. The molecule has 4 rings (SSSR count). The molecule has 160 valence electrons. The normalized spacial score (nSPS) is 22.1. The van der Waals surface area contributed by atoms with Crippen molar-refractivity contribution in [2.24, 2.45) is 0 Å². The third kappa shape index (κ3) is 4.03. The second-order valence-corrected chi connectivity index (χ2v) is 8.46. The van der Waals surface area contributed by atoms with Crippen LogP contribution in [0.4, 0.5) is 0 Å². The average molecular weight is 410 g/mol. The lowest BCUT2D eigenvalue weighted by atomic mass is 9.75. The van der Waals surface area contributed by atoms with Gasteiger partial charge in [0.25, 0.3) is 0 Å². The van der Waals surface area contributed by atoms with Crippen LogP contribution >= 0.6 is 0 Å². The molecule has 0 amide bonds. The Bertz CT molecular complexity index is 892. The zero-order valence-corrected chi connectivity index (χ0v) is 18.0. The lowest BCUT2D eigenvalue weighted by molar-refractivity contribution is -0.144. The fourth-order valence-electron chi connectivity index (χ4n) is 4.85. The van der Waals surface area contributed by atoms with Crippen LogP contribution in [0.15, 0.2) is 46.8 Å². The first kappa shape index (κ1) is 20.7. The summed E-state index contributed by atoms with van der Waals surface area (Å²) >= 11 is 0. The molecule has 0 unspecified atom stereocenters. The van der Waals surface area contributed by atoms with Gasteiger partial charge in [-0.2, -0.15) is 0 Å². The summed E-state index contributed by atoms with van der Waals surface area (Å²) in [7, 11) is 0. The molecule has 0 spiro atoms. The van der Waals surface area contributed by atoms with Crippen molar-refractivity contribution < 1.29 is 19.1 Å². The number of ether oxygens (including phenoxy) is 2. The predicted octanol–water partition coefficient (Wildman–Crippen LogP) is 4.93. The Kier molecular flexibility index (Phi) is 6.26. The quantitative estimate of drug-likeness (QED) is 0.675. The third-order valence-corrected chi connectivity index (χ3v) is 6.26. The van der Waals surface area contributed by atoms with Crippen LogP contribution in [0.5, 0.6) is 5.75 Å². The Morgan fingerprint density at radius 1 is 1.13 bits per heavy atom. The topological polar surface area (TPSA) is 64.6 Å². The molecule has 30 heavy (non-hydrogen) atoms. The minimum Gasteiger partial charge on any atom is -0.493 e. The number of hydrogen-bond donors (Lipinski definition) is 1. The van der Waals surface area contributed by atoms with Crippen LogP contribution in [0.3, 0.4) is 0 Å². The van der Waals surface area contributed by atoms with Gasteiger partial charge in [-0.1, -0.05) is 25.1 Å². The SMILES string of the molecule is CCCOc1ccccc1[C@H]1C(C(=O)OC2CCCC2)=C(C)NC2=C1C(=O)CCC2. The Morgan fingerprint density at radius 2 is 1.90 bits per heavy atom. The largest absolute Gasteiger partial charge is 0.493 e. The predicted molar refractivity (Wildman–Crippen MR) is 115 cm³/mol. The minimum absolute atomic E-state index is 0.0255. The van der Waals surface area contributed by atoms with Gasteiger partial charge in [0.15, 0.2) is 5.78 Å². The van der Waals surface area contributed by atoms with Crippen molar-refractivity contribution in [2.45, 2.75) is 77.2 Å². The molecule has 1 aromatic rings. The molecular weight excluding hydrogens is 378 g/mol. The van der Waals surface area contributed by atoms with Gasteiger partial charge in [0.1, 0.15) is 11.9 Å². The molecule has 5 heteroatoms. The lowest BCUT2D eigenvalue weighted by Crippen LogP contribution is -2.35. The summed E-state index contributed by atoms with van der Waals surface area (Å²) in [5, 5.41) is 3.36. The van der Waals surface area contributed by atoms with E-state index >= 15 is 0 Å². The highest BCUT2D eigenvalue weighted by atomic mass is 16.5. The number of hydrogen-bond acceptors (Lipinski definition) is 5. The van der Waals surface area contributed by atoms with E-state index in [0.29, 0.717) is 24.2 Å². The van der Waals surface area contributed by atoms with Crippen LogP contribution < -0.4 is 10.1 Å². The van der Waals surface area contributed by atoms with E-state index in [2.05, 4.69) is 12.2 Å². The van der Waals surface area contributed by atoms with Gasteiger partial charge < -0.3 is 14.8 Å². The number of nitrogens with one attached hydrogen (secondary N) is 1. The summed E-state index contributed by atoms with van der Waals surface area (Å²) < 4.78 is 11.9. The molecule has 0 bridgehead atoms. The highest BCUT2D eigenvalue weighted by molar-refractivity contribution is 6.04. The van der Waals surface area contributed by atoms with Gasteiger partial charge in [0.2, 0.25) is 0 Å². The van der Waals surface area contributed by atoms with Crippen molar-refractivity contribution >= 4 is 11.8 Å². The number of para-hydroxylation sites is 1. The molecule has 2 aliphatic carbocycles. The minimum atomic E-state index is -0.448. The molecule has 3 aliphatic rings. The molecule has 5 nitrogen and oxygen atoms in total. The second-order valence-electron chi connectivity index (χ2n) is 8.46. The van der Waals surface area contributed by atoms with Crippen molar-refractivity contribution in [3.8, 4) is 5.75 Å². The van der Waals surface area contributed by atoms with Crippen LogP contribution in [0, 0.1) is 0 Å². The van der Waals surface area contributed by atoms with Gasteiger partial charge >= 0.3 is 5.97 Å². The Morgan fingerprint density at radius 3 is 2.67 bits per heavy atom. The molecule has 1 aromatic carbocycles. The van der Waals surface area contributed by atoms with Crippen molar-refractivity contribution in [1.29, 1.82) is 0 Å². The first-order valence-corrected chi connectivity index (χ1v) is 11.3. The molecule has 1 N–H and O–H groups in total. The summed E-state index contributed by atoms with van der Waals surface area (Å²) in [5.41, 5.74) is 3.84. The fraction of sp³-hybridized carbons (Fsp3) is 0.520. The number of esters is 1. The Hall–Kier alpha value is -2.56. The molecule has 1 atom stereocenters. The zero-order chi connectivity index (χ0) is 21.1. The van der Waals surface area contributed by atoms with Gasteiger partial charge in [-0.05, 0) is 57.9 Å². The maximum atomic E-state index is 13.4. The molecule has 1 heterocycles. The van der Waals surface area contributed by atoms with Crippen molar-refractivity contribution in [1.82, 2.24) is 5.32 Å². The van der Waals surface area contributed by atoms with Crippen LogP contribution in [-0.2, 0) is 14.3 Å². The van der Waals surface area contributed by atoms with Gasteiger partial charge in [0, 0.05) is 29.0 Å². The first-order chi connectivity index (χ1) is 14.6. The van der Waals surface area contributed by atoms with Crippen molar-refractivity contribution in [3.63, 3.8) is 0 Å². The van der Waals surface area contributed by atoms with Gasteiger partial charge in [-0.25, -0.2) is 4.79 Å². The van der Waals surface area contributed by atoms with Gasteiger partial charge in [-0.15, -0.1) is 0 Å². The number of allylic oxidation sites excluding steroid dienone is 3. The number of Topliss-reactive ketones (excluding diaryl/α,β-unsaturated/α-hetero) is 1. The molecule has 1 aliphatic heterocycles. The molecule has 0 saturated heterocycles. The monoisotopic (exact) mass is 409 g/mol. The van der Waals surface area contributed by atoms with E-state index in [1.807, 2.05) is 31.2 Å².